The van der Waals surface area contributed by atoms with Gasteiger partial charge in [0.25, 0.3) is 0 Å². The molecule has 3 aliphatic rings. The molecular formula is C36H45FN2O5. The predicted molar refractivity (Wildman–Crippen MR) is 169 cm³/mol. The van der Waals surface area contributed by atoms with Crippen LogP contribution in [0.15, 0.2) is 54.6 Å². The summed E-state index contributed by atoms with van der Waals surface area (Å²) >= 11 is 0. The number of phenolic OH excluding ortho intramolecular Hbond substituents is 1. The fourth-order valence-electron chi connectivity index (χ4n) is 6.94. The van der Waals surface area contributed by atoms with Crippen LogP contribution in [-0.2, 0) is 28.9 Å². The maximum absolute atomic E-state index is 15.3. The molecule has 1 unspecified atom stereocenters. The average Bonchev–Trinajstić information content (AvgIpc) is 3.49. The summed E-state index contributed by atoms with van der Waals surface area (Å²) in [4.78, 5) is 4.66. The van der Waals surface area contributed by atoms with E-state index in [-0.39, 0.29) is 23.4 Å². The standard InChI is InChI=1S/C36H45FN2O5/c1-25(2)39(34-23-31(41-3)9-10-32(34)29-6-5-28-22-30(40)8-7-27(28)21-29)24-26-4-11-35(33(37)20-26)42-17-16-38-14-12-36(13-15-38)43-18-19-44-36/h4,7-11,20,22-23,25,29,40H,5-6,12-19,21,24H2,1-3H3. The van der Waals surface area contributed by atoms with Crippen molar-refractivity contribution in [3.8, 4) is 17.2 Å². The van der Waals surface area contributed by atoms with E-state index in [0.717, 1.165) is 68.7 Å². The Morgan fingerprint density at radius 2 is 1.82 bits per heavy atom. The smallest absolute Gasteiger partial charge is 0.170 e. The van der Waals surface area contributed by atoms with Gasteiger partial charge in [-0.3, -0.25) is 4.90 Å². The van der Waals surface area contributed by atoms with Gasteiger partial charge in [-0.25, -0.2) is 4.39 Å². The highest BCUT2D eigenvalue weighted by Gasteiger charge is 2.39. The van der Waals surface area contributed by atoms with Gasteiger partial charge in [-0.05, 0) is 91.6 Å². The van der Waals surface area contributed by atoms with Crippen molar-refractivity contribution in [2.75, 3.05) is 51.5 Å². The Morgan fingerprint density at radius 1 is 1.02 bits per heavy atom. The molecule has 2 fully saturated rings. The van der Waals surface area contributed by atoms with Crippen LogP contribution in [0.25, 0.3) is 0 Å². The molecule has 3 aromatic carbocycles. The molecule has 0 radical (unpaired) electrons. The number of piperidine rings is 1. The van der Waals surface area contributed by atoms with E-state index < -0.39 is 0 Å². The van der Waals surface area contributed by atoms with Gasteiger partial charge >= 0.3 is 0 Å². The lowest BCUT2D eigenvalue weighted by Gasteiger charge is -2.37. The minimum absolute atomic E-state index is 0.177. The summed E-state index contributed by atoms with van der Waals surface area (Å²) < 4.78 is 38.5. The second kappa shape index (κ2) is 13.3. The Balaban J connectivity index is 1.12. The zero-order chi connectivity index (χ0) is 30.7. The number of hydrogen-bond acceptors (Lipinski definition) is 7. The van der Waals surface area contributed by atoms with E-state index in [0.29, 0.717) is 38.0 Å². The topological polar surface area (TPSA) is 63.6 Å². The summed E-state index contributed by atoms with van der Waals surface area (Å²) in [5.74, 6) is 1.03. The lowest BCUT2D eigenvalue weighted by atomic mass is 9.79. The van der Waals surface area contributed by atoms with Gasteiger partial charge in [0.05, 0.1) is 20.3 Å². The number of hydrogen-bond donors (Lipinski definition) is 1. The molecule has 8 heteroatoms. The van der Waals surface area contributed by atoms with Crippen molar-refractivity contribution in [3.05, 3.63) is 82.7 Å². The molecule has 1 N–H and O–H groups in total. The number of anilines is 1. The van der Waals surface area contributed by atoms with Gasteiger partial charge < -0.3 is 29.0 Å². The number of methoxy groups -OCH3 is 1. The molecule has 2 saturated heterocycles. The summed E-state index contributed by atoms with van der Waals surface area (Å²) in [7, 11) is 1.69. The molecule has 1 spiro atoms. The van der Waals surface area contributed by atoms with Crippen molar-refractivity contribution in [1.29, 1.82) is 0 Å². The van der Waals surface area contributed by atoms with E-state index in [1.807, 2.05) is 18.2 Å². The van der Waals surface area contributed by atoms with Crippen molar-refractivity contribution in [2.45, 2.75) is 70.2 Å². The maximum Gasteiger partial charge on any atom is 0.170 e. The van der Waals surface area contributed by atoms with Crippen molar-refractivity contribution in [3.63, 3.8) is 0 Å². The van der Waals surface area contributed by atoms with Gasteiger partial charge in [-0.1, -0.05) is 18.2 Å². The Labute approximate surface area is 260 Å². The highest BCUT2D eigenvalue weighted by atomic mass is 19.1. The Bertz CT molecular complexity index is 1430. The van der Waals surface area contributed by atoms with E-state index >= 15 is 4.39 Å². The highest BCUT2D eigenvalue weighted by Crippen LogP contribution is 2.41. The summed E-state index contributed by atoms with van der Waals surface area (Å²) in [5, 5.41) is 9.95. The van der Waals surface area contributed by atoms with E-state index in [2.05, 4.69) is 41.8 Å². The number of fused-ring (bicyclic) bond motifs is 1. The molecule has 44 heavy (non-hydrogen) atoms. The normalized spacial score (nSPS) is 19.7. The van der Waals surface area contributed by atoms with E-state index in [1.165, 1.54) is 16.7 Å². The molecular weight excluding hydrogens is 559 g/mol. The lowest BCUT2D eigenvalue weighted by Crippen LogP contribution is -2.46. The summed E-state index contributed by atoms with van der Waals surface area (Å²) in [5.41, 5.74) is 5.79. The van der Waals surface area contributed by atoms with Gasteiger partial charge in [-0.2, -0.15) is 0 Å². The number of aromatic hydroxyl groups is 1. The predicted octanol–water partition coefficient (Wildman–Crippen LogP) is 6.45. The molecule has 236 valence electrons. The van der Waals surface area contributed by atoms with Crippen LogP contribution in [-0.4, -0.2) is 68.4 Å². The third kappa shape index (κ3) is 6.82. The van der Waals surface area contributed by atoms with Crippen LogP contribution in [0.5, 0.6) is 17.2 Å². The first-order valence-corrected chi connectivity index (χ1v) is 16.0. The molecule has 2 aliphatic heterocycles. The van der Waals surface area contributed by atoms with Crippen molar-refractivity contribution in [1.82, 2.24) is 4.90 Å². The first-order chi connectivity index (χ1) is 21.3. The Morgan fingerprint density at radius 3 is 2.55 bits per heavy atom. The molecule has 0 aromatic heterocycles. The molecule has 7 nitrogen and oxygen atoms in total. The number of aryl methyl sites for hydroxylation is 1. The van der Waals surface area contributed by atoms with Gasteiger partial charge in [0.15, 0.2) is 17.4 Å². The molecule has 1 atom stereocenters. The number of benzene rings is 3. The van der Waals surface area contributed by atoms with Crippen LogP contribution in [0, 0.1) is 5.82 Å². The van der Waals surface area contributed by atoms with Crippen LogP contribution < -0.4 is 14.4 Å². The third-order valence-electron chi connectivity index (χ3n) is 9.47. The highest BCUT2D eigenvalue weighted by molar-refractivity contribution is 5.60. The monoisotopic (exact) mass is 604 g/mol. The van der Waals surface area contributed by atoms with Gasteiger partial charge in [-0.15, -0.1) is 0 Å². The Hall–Kier alpha value is -3.33. The fourth-order valence-corrected chi connectivity index (χ4v) is 6.94. The molecule has 1 aliphatic carbocycles. The first kappa shape index (κ1) is 30.7. The molecule has 3 aromatic rings. The SMILES string of the molecule is COc1ccc(C2CCc3cc(O)ccc3C2)c(N(Cc2ccc(OCCN3CCC4(CC3)OCCO4)c(F)c2)C(C)C)c1. The van der Waals surface area contributed by atoms with Crippen LogP contribution >= 0.6 is 0 Å². The van der Waals surface area contributed by atoms with Gasteiger partial charge in [0, 0.05) is 56.8 Å². The summed E-state index contributed by atoms with van der Waals surface area (Å²) in [6, 6.07) is 17.6. The molecule has 0 saturated carbocycles. The second-order valence-corrected chi connectivity index (χ2v) is 12.6. The number of halogens is 1. The quantitative estimate of drug-likeness (QED) is 0.286. The first-order valence-electron chi connectivity index (χ1n) is 16.0. The van der Waals surface area contributed by atoms with E-state index in [1.54, 1.807) is 25.3 Å². The largest absolute Gasteiger partial charge is 0.508 e. The van der Waals surface area contributed by atoms with Crippen LogP contribution in [0.3, 0.4) is 0 Å². The van der Waals surface area contributed by atoms with E-state index in [4.69, 9.17) is 18.9 Å². The Kier molecular flexibility index (Phi) is 9.31. The summed E-state index contributed by atoms with van der Waals surface area (Å²) in [6.45, 7) is 9.20. The van der Waals surface area contributed by atoms with Crippen molar-refractivity contribution in [2.24, 2.45) is 0 Å². The third-order valence-corrected chi connectivity index (χ3v) is 9.47. The second-order valence-electron chi connectivity index (χ2n) is 12.6. The summed E-state index contributed by atoms with van der Waals surface area (Å²) in [6.07, 6.45) is 4.56. The number of phenols is 1. The average molecular weight is 605 g/mol. The maximum atomic E-state index is 15.3. The lowest BCUT2D eigenvalue weighted by molar-refractivity contribution is -0.185. The molecule has 6 rings (SSSR count). The number of nitrogens with zero attached hydrogens (tertiary/aromatic N) is 2. The molecule has 0 bridgehead atoms. The van der Waals surface area contributed by atoms with Gasteiger partial charge in [0.1, 0.15) is 18.1 Å². The van der Waals surface area contributed by atoms with Crippen molar-refractivity contribution < 1.29 is 28.4 Å². The van der Waals surface area contributed by atoms with Crippen LogP contribution in [0.4, 0.5) is 10.1 Å². The van der Waals surface area contributed by atoms with Crippen molar-refractivity contribution >= 4 is 5.69 Å². The zero-order valence-electron chi connectivity index (χ0n) is 26.2. The molecule has 2 heterocycles. The number of likely N-dealkylation sites (tertiary alicyclic amines) is 1. The zero-order valence-corrected chi connectivity index (χ0v) is 26.2. The minimum atomic E-state index is -0.387. The minimum Gasteiger partial charge on any atom is -0.508 e. The molecule has 0 amide bonds. The number of rotatable bonds is 10. The van der Waals surface area contributed by atoms with Crippen LogP contribution in [0.2, 0.25) is 0 Å². The van der Waals surface area contributed by atoms with E-state index in [9.17, 15) is 5.11 Å². The number of ether oxygens (including phenoxy) is 4. The van der Waals surface area contributed by atoms with Crippen LogP contribution in [0.1, 0.15) is 61.3 Å². The van der Waals surface area contributed by atoms with Gasteiger partial charge in [0.2, 0.25) is 0 Å². The fraction of sp³-hybridized carbons (Fsp3) is 0.500.